The summed E-state index contributed by atoms with van der Waals surface area (Å²) in [7, 11) is 0. The third-order valence-electron chi connectivity index (χ3n) is 3.30. The Kier molecular flexibility index (Phi) is 4.93. The smallest absolute Gasteiger partial charge is 0.175 e. The fraction of sp³-hybridized carbons (Fsp3) is 0. The van der Waals surface area contributed by atoms with Crippen LogP contribution in [0, 0.1) is 0 Å². The quantitative estimate of drug-likeness (QED) is 0.386. The van der Waals surface area contributed by atoms with E-state index >= 15 is 0 Å². The van der Waals surface area contributed by atoms with E-state index in [0.29, 0.717) is 25.9 Å². The molecule has 0 unspecified atom stereocenters. The van der Waals surface area contributed by atoms with Gasteiger partial charge in [0.05, 0.1) is 20.8 Å². The molecule has 0 radical (unpaired) electrons. The fourth-order valence-electron chi connectivity index (χ4n) is 2.23. The van der Waals surface area contributed by atoms with Crippen LogP contribution < -0.4 is 10.6 Å². The second kappa shape index (κ2) is 6.93. The van der Waals surface area contributed by atoms with E-state index in [1.54, 1.807) is 12.1 Å². The van der Waals surface area contributed by atoms with Crippen LogP contribution in [0.15, 0.2) is 54.6 Å². The van der Waals surface area contributed by atoms with Crippen molar-refractivity contribution in [3.8, 4) is 0 Å². The van der Waals surface area contributed by atoms with Crippen molar-refractivity contribution >= 4 is 74.3 Å². The molecule has 0 atom stereocenters. The van der Waals surface area contributed by atoms with Gasteiger partial charge in [-0.3, -0.25) is 0 Å². The number of halogens is 3. The van der Waals surface area contributed by atoms with Gasteiger partial charge in [0.15, 0.2) is 5.11 Å². The van der Waals surface area contributed by atoms with Gasteiger partial charge in [0.25, 0.3) is 0 Å². The van der Waals surface area contributed by atoms with Crippen molar-refractivity contribution in [2.24, 2.45) is 0 Å². The van der Waals surface area contributed by atoms with Crippen LogP contribution in [0.3, 0.4) is 0 Å². The molecule has 0 aliphatic carbocycles. The molecule has 0 aliphatic heterocycles. The maximum absolute atomic E-state index is 6.15. The Morgan fingerprint density at radius 2 is 1.39 bits per heavy atom. The molecule has 2 N–H and O–H groups in total. The molecular weight excluding hydrogens is 371 g/mol. The molecule has 116 valence electrons. The van der Waals surface area contributed by atoms with E-state index in [1.165, 1.54) is 0 Å². The topological polar surface area (TPSA) is 24.1 Å². The molecule has 0 fully saturated rings. The van der Waals surface area contributed by atoms with Crippen LogP contribution in [0.4, 0.5) is 11.4 Å². The van der Waals surface area contributed by atoms with E-state index in [0.717, 1.165) is 16.5 Å². The van der Waals surface area contributed by atoms with Gasteiger partial charge in [-0.1, -0.05) is 71.2 Å². The maximum Gasteiger partial charge on any atom is 0.175 e. The van der Waals surface area contributed by atoms with Gasteiger partial charge >= 0.3 is 0 Å². The first-order valence-corrected chi connectivity index (χ1v) is 8.29. The lowest BCUT2D eigenvalue weighted by Crippen LogP contribution is -2.19. The van der Waals surface area contributed by atoms with E-state index in [2.05, 4.69) is 10.6 Å². The van der Waals surface area contributed by atoms with Crippen molar-refractivity contribution in [3.63, 3.8) is 0 Å². The Hall–Kier alpha value is -1.52. The van der Waals surface area contributed by atoms with E-state index < -0.39 is 0 Å². The van der Waals surface area contributed by atoms with Crippen molar-refractivity contribution < 1.29 is 0 Å². The molecule has 6 heteroatoms. The molecule has 0 spiro atoms. The Morgan fingerprint density at radius 1 is 0.739 bits per heavy atom. The Morgan fingerprint density at radius 3 is 2.22 bits per heavy atom. The second-order valence-electron chi connectivity index (χ2n) is 4.85. The van der Waals surface area contributed by atoms with Crippen molar-refractivity contribution in [1.82, 2.24) is 0 Å². The van der Waals surface area contributed by atoms with E-state index in [1.807, 2.05) is 42.5 Å². The zero-order valence-electron chi connectivity index (χ0n) is 11.7. The summed E-state index contributed by atoms with van der Waals surface area (Å²) >= 11 is 23.4. The number of hydrogen-bond acceptors (Lipinski definition) is 1. The van der Waals surface area contributed by atoms with Crippen LogP contribution in [0.5, 0.6) is 0 Å². The molecule has 0 aliphatic rings. The zero-order chi connectivity index (χ0) is 16.4. The lowest BCUT2D eigenvalue weighted by molar-refractivity contribution is 1.61. The first kappa shape index (κ1) is 16.3. The summed E-state index contributed by atoms with van der Waals surface area (Å²) < 4.78 is 0. The number of hydrogen-bond donors (Lipinski definition) is 2. The fourth-order valence-corrected chi connectivity index (χ4v) is 3.04. The van der Waals surface area contributed by atoms with Gasteiger partial charge < -0.3 is 10.6 Å². The highest BCUT2D eigenvalue weighted by Gasteiger charge is 2.08. The minimum absolute atomic E-state index is 0.398. The normalized spacial score (nSPS) is 10.6. The average molecular weight is 382 g/mol. The summed E-state index contributed by atoms with van der Waals surface area (Å²) in [5.74, 6) is 0. The molecule has 0 saturated carbocycles. The third kappa shape index (κ3) is 3.70. The van der Waals surface area contributed by atoms with Crippen molar-refractivity contribution in [2.75, 3.05) is 10.6 Å². The minimum Gasteiger partial charge on any atom is -0.332 e. The Balaban J connectivity index is 1.83. The molecule has 3 rings (SSSR count). The van der Waals surface area contributed by atoms with E-state index in [4.69, 9.17) is 47.0 Å². The molecule has 0 saturated heterocycles. The SMILES string of the molecule is S=C(Nc1cc(Cl)c(Cl)cc1Cl)Nc1cccc2ccccc12. The summed E-state index contributed by atoms with van der Waals surface area (Å²) in [5.41, 5.74) is 1.51. The van der Waals surface area contributed by atoms with Gasteiger partial charge in [-0.2, -0.15) is 0 Å². The molecule has 0 amide bonds. The monoisotopic (exact) mass is 380 g/mol. The highest BCUT2D eigenvalue weighted by molar-refractivity contribution is 7.80. The number of nitrogens with one attached hydrogen (secondary N) is 2. The number of anilines is 2. The lowest BCUT2D eigenvalue weighted by Gasteiger charge is -2.14. The molecule has 3 aromatic rings. The number of benzene rings is 3. The van der Waals surface area contributed by atoms with Crippen LogP contribution in [0.2, 0.25) is 15.1 Å². The molecule has 0 heterocycles. The highest BCUT2D eigenvalue weighted by atomic mass is 35.5. The van der Waals surface area contributed by atoms with E-state index in [-0.39, 0.29) is 0 Å². The zero-order valence-corrected chi connectivity index (χ0v) is 14.8. The van der Waals surface area contributed by atoms with Gasteiger partial charge in [0, 0.05) is 11.1 Å². The Bertz CT molecular complexity index is 891. The summed E-state index contributed by atoms with van der Waals surface area (Å²) in [5, 5.41) is 10.1. The van der Waals surface area contributed by atoms with Gasteiger partial charge in [-0.05, 0) is 35.8 Å². The number of fused-ring (bicyclic) bond motifs is 1. The first-order valence-electron chi connectivity index (χ1n) is 6.75. The summed E-state index contributed by atoms with van der Waals surface area (Å²) in [6, 6.07) is 17.3. The molecule has 3 aromatic carbocycles. The highest BCUT2D eigenvalue weighted by Crippen LogP contribution is 2.32. The lowest BCUT2D eigenvalue weighted by atomic mass is 10.1. The molecule has 2 nitrogen and oxygen atoms in total. The Labute approximate surface area is 154 Å². The van der Waals surface area contributed by atoms with Crippen LogP contribution in [-0.4, -0.2) is 5.11 Å². The molecule has 0 aromatic heterocycles. The van der Waals surface area contributed by atoms with Gasteiger partial charge in [-0.15, -0.1) is 0 Å². The largest absolute Gasteiger partial charge is 0.332 e. The first-order chi connectivity index (χ1) is 11.0. The van der Waals surface area contributed by atoms with Gasteiger partial charge in [0.1, 0.15) is 0 Å². The number of thiocarbonyl (C=S) groups is 1. The predicted molar refractivity (Wildman–Crippen MR) is 105 cm³/mol. The maximum atomic E-state index is 6.15. The van der Waals surface area contributed by atoms with Crippen molar-refractivity contribution in [2.45, 2.75) is 0 Å². The molecular formula is C17H11Cl3N2S. The number of rotatable bonds is 2. The standard InChI is InChI=1S/C17H11Cl3N2S/c18-12-8-14(20)16(9-13(12)19)22-17(23)21-15-7-3-5-10-4-1-2-6-11(10)15/h1-9H,(H2,21,22,23). The van der Waals surface area contributed by atoms with Gasteiger partial charge in [-0.25, -0.2) is 0 Å². The summed E-state index contributed by atoms with van der Waals surface area (Å²) in [6.45, 7) is 0. The minimum atomic E-state index is 0.398. The van der Waals surface area contributed by atoms with E-state index in [9.17, 15) is 0 Å². The summed E-state index contributed by atoms with van der Waals surface area (Å²) in [6.07, 6.45) is 0. The predicted octanol–water partition coefficient (Wildman–Crippen LogP) is 6.61. The van der Waals surface area contributed by atoms with Crippen molar-refractivity contribution in [3.05, 3.63) is 69.7 Å². The second-order valence-corrected chi connectivity index (χ2v) is 6.48. The van der Waals surface area contributed by atoms with Crippen molar-refractivity contribution in [1.29, 1.82) is 0 Å². The summed E-state index contributed by atoms with van der Waals surface area (Å²) in [4.78, 5) is 0. The van der Waals surface area contributed by atoms with Gasteiger partial charge in [0.2, 0.25) is 0 Å². The third-order valence-corrected chi connectivity index (χ3v) is 4.53. The molecule has 23 heavy (non-hydrogen) atoms. The molecule has 0 bridgehead atoms. The average Bonchev–Trinajstić information content (AvgIpc) is 2.53. The van der Waals surface area contributed by atoms with Crippen LogP contribution >= 0.6 is 47.0 Å². The van der Waals surface area contributed by atoms with Crippen LogP contribution in [-0.2, 0) is 0 Å². The van der Waals surface area contributed by atoms with Crippen LogP contribution in [0.1, 0.15) is 0 Å². The van der Waals surface area contributed by atoms with Crippen LogP contribution in [0.25, 0.3) is 10.8 Å².